The van der Waals surface area contributed by atoms with E-state index < -0.39 is 6.04 Å². The van der Waals surface area contributed by atoms with Crippen molar-refractivity contribution in [2.75, 3.05) is 6.54 Å². The van der Waals surface area contributed by atoms with E-state index in [1.807, 2.05) is 11.8 Å². The Balaban J connectivity index is 1.68. The van der Waals surface area contributed by atoms with Crippen LogP contribution >= 0.6 is 0 Å². The number of hydrogen-bond donors (Lipinski definition) is 1. The van der Waals surface area contributed by atoms with Gasteiger partial charge in [0.2, 0.25) is 5.91 Å². The van der Waals surface area contributed by atoms with Crippen molar-refractivity contribution in [2.45, 2.75) is 38.8 Å². The Morgan fingerprint density at radius 3 is 2.67 bits per heavy atom. The number of nitrogens with zero attached hydrogens (tertiary/aromatic N) is 1. The number of aryl methyl sites for hydroxylation is 1. The van der Waals surface area contributed by atoms with Gasteiger partial charge in [-0.25, -0.2) is 0 Å². The molecule has 2 aromatic rings. The predicted octanol–water partition coefficient (Wildman–Crippen LogP) is 3.07. The molecule has 2 heterocycles. The molecule has 1 saturated heterocycles. The number of rotatable bonds is 4. The summed E-state index contributed by atoms with van der Waals surface area (Å²) in [5.74, 6) is -0.212. The first-order valence-corrected chi connectivity index (χ1v) is 8.27. The number of hydrogen-bond acceptors (Lipinski definition) is 3. The molecule has 0 bridgehead atoms. The van der Waals surface area contributed by atoms with Crippen molar-refractivity contribution >= 4 is 11.8 Å². The highest BCUT2D eigenvalue weighted by atomic mass is 16.3. The van der Waals surface area contributed by atoms with Crippen LogP contribution in [0.3, 0.4) is 0 Å². The summed E-state index contributed by atoms with van der Waals surface area (Å²) >= 11 is 0. The number of furan rings is 1. The molecule has 3 rings (SSSR count). The second kappa shape index (κ2) is 6.91. The first-order chi connectivity index (χ1) is 11.6. The molecule has 1 aromatic heterocycles. The third kappa shape index (κ3) is 3.35. The van der Waals surface area contributed by atoms with Crippen molar-refractivity contribution in [1.29, 1.82) is 0 Å². The topological polar surface area (TPSA) is 62.6 Å². The fraction of sp³-hybridized carbons (Fsp3) is 0.368. The molecule has 1 aliphatic heterocycles. The van der Waals surface area contributed by atoms with E-state index in [0.717, 1.165) is 24.9 Å². The second-order valence-corrected chi connectivity index (χ2v) is 6.27. The van der Waals surface area contributed by atoms with Crippen molar-refractivity contribution in [3.63, 3.8) is 0 Å². The van der Waals surface area contributed by atoms with Gasteiger partial charge in [0.15, 0.2) is 5.76 Å². The highest BCUT2D eigenvalue weighted by molar-refractivity contribution is 5.95. The lowest BCUT2D eigenvalue weighted by molar-refractivity contribution is -0.133. The van der Waals surface area contributed by atoms with E-state index in [-0.39, 0.29) is 23.6 Å². The fourth-order valence-corrected chi connectivity index (χ4v) is 3.15. The molecule has 5 heteroatoms. The Hall–Kier alpha value is -2.56. The minimum absolute atomic E-state index is 0.0574. The summed E-state index contributed by atoms with van der Waals surface area (Å²) in [5.41, 5.74) is 2.35. The van der Waals surface area contributed by atoms with Gasteiger partial charge in [0.05, 0.1) is 12.3 Å². The zero-order valence-electron chi connectivity index (χ0n) is 14.0. The standard InChI is InChI=1S/C19H22N2O3/c1-13-7-9-15(10-8-13)16-5-3-11-21(16)19(23)14(2)20-18(22)17-6-4-12-24-17/h4,6-10,12,14,16H,3,5,11H2,1-2H3,(H,20,22). The SMILES string of the molecule is Cc1ccc(C2CCCN2C(=O)C(C)NC(=O)c2ccco2)cc1. The van der Waals surface area contributed by atoms with Gasteiger partial charge in [0, 0.05) is 6.54 Å². The van der Waals surface area contributed by atoms with Crippen LogP contribution in [0.2, 0.25) is 0 Å². The molecular weight excluding hydrogens is 304 g/mol. The molecule has 0 spiro atoms. The maximum atomic E-state index is 12.8. The van der Waals surface area contributed by atoms with E-state index in [2.05, 4.69) is 29.6 Å². The van der Waals surface area contributed by atoms with Crippen molar-refractivity contribution in [3.05, 3.63) is 59.5 Å². The molecule has 1 fully saturated rings. The number of carbonyl (C=O) groups excluding carboxylic acids is 2. The third-order valence-corrected chi connectivity index (χ3v) is 4.46. The van der Waals surface area contributed by atoms with Crippen molar-refractivity contribution in [2.24, 2.45) is 0 Å². The van der Waals surface area contributed by atoms with Crippen LogP contribution in [0.5, 0.6) is 0 Å². The normalized spacial score (nSPS) is 18.4. The van der Waals surface area contributed by atoms with Gasteiger partial charge in [-0.1, -0.05) is 29.8 Å². The number of benzene rings is 1. The van der Waals surface area contributed by atoms with Crippen molar-refractivity contribution in [1.82, 2.24) is 10.2 Å². The van der Waals surface area contributed by atoms with Gasteiger partial charge < -0.3 is 14.6 Å². The summed E-state index contributed by atoms with van der Waals surface area (Å²) in [5, 5.41) is 2.72. The van der Waals surface area contributed by atoms with Crippen LogP contribution in [-0.2, 0) is 4.79 Å². The van der Waals surface area contributed by atoms with Gasteiger partial charge in [-0.15, -0.1) is 0 Å². The summed E-state index contributed by atoms with van der Waals surface area (Å²) < 4.78 is 5.07. The fourth-order valence-electron chi connectivity index (χ4n) is 3.15. The minimum atomic E-state index is -0.589. The van der Waals surface area contributed by atoms with E-state index in [1.54, 1.807) is 19.1 Å². The molecule has 1 N–H and O–H groups in total. The van der Waals surface area contributed by atoms with Gasteiger partial charge in [0.25, 0.3) is 5.91 Å². The average molecular weight is 326 g/mol. The van der Waals surface area contributed by atoms with Crippen LogP contribution in [0.15, 0.2) is 47.1 Å². The van der Waals surface area contributed by atoms with Crippen LogP contribution in [0.4, 0.5) is 0 Å². The number of nitrogens with one attached hydrogen (secondary N) is 1. The monoisotopic (exact) mass is 326 g/mol. The maximum absolute atomic E-state index is 12.8. The Bertz CT molecular complexity index is 707. The second-order valence-electron chi connectivity index (χ2n) is 6.27. The summed E-state index contributed by atoms with van der Waals surface area (Å²) in [6.45, 7) is 4.49. The lowest BCUT2D eigenvalue weighted by Crippen LogP contribution is -2.46. The molecule has 0 aliphatic carbocycles. The lowest BCUT2D eigenvalue weighted by Gasteiger charge is -2.28. The summed E-state index contributed by atoms with van der Waals surface area (Å²) in [6.07, 6.45) is 3.37. The first kappa shape index (κ1) is 16.3. The number of likely N-dealkylation sites (tertiary alicyclic amines) is 1. The zero-order valence-corrected chi connectivity index (χ0v) is 14.0. The van der Waals surface area contributed by atoms with Crippen molar-refractivity contribution < 1.29 is 14.0 Å². The molecule has 2 atom stereocenters. The van der Waals surface area contributed by atoms with Crippen LogP contribution in [-0.4, -0.2) is 29.3 Å². The Morgan fingerprint density at radius 2 is 2.00 bits per heavy atom. The maximum Gasteiger partial charge on any atom is 0.287 e. The first-order valence-electron chi connectivity index (χ1n) is 8.27. The molecule has 126 valence electrons. The van der Waals surface area contributed by atoms with Crippen LogP contribution < -0.4 is 5.32 Å². The Kier molecular flexibility index (Phi) is 4.69. The predicted molar refractivity (Wildman–Crippen MR) is 90.5 cm³/mol. The van der Waals surface area contributed by atoms with Gasteiger partial charge >= 0.3 is 0 Å². The summed E-state index contributed by atoms with van der Waals surface area (Å²) in [7, 11) is 0. The Morgan fingerprint density at radius 1 is 1.25 bits per heavy atom. The van der Waals surface area contributed by atoms with Gasteiger partial charge in [-0.3, -0.25) is 9.59 Å². The highest BCUT2D eigenvalue weighted by Gasteiger charge is 2.33. The van der Waals surface area contributed by atoms with Gasteiger partial charge in [0.1, 0.15) is 6.04 Å². The zero-order chi connectivity index (χ0) is 17.1. The molecular formula is C19H22N2O3. The lowest BCUT2D eigenvalue weighted by atomic mass is 10.0. The molecule has 2 amide bonds. The molecule has 1 aliphatic rings. The van der Waals surface area contributed by atoms with Gasteiger partial charge in [-0.2, -0.15) is 0 Å². The molecule has 0 saturated carbocycles. The van der Waals surface area contributed by atoms with Crippen molar-refractivity contribution in [3.8, 4) is 0 Å². The van der Waals surface area contributed by atoms with E-state index in [0.29, 0.717) is 0 Å². The average Bonchev–Trinajstić information content (AvgIpc) is 3.26. The number of amides is 2. The third-order valence-electron chi connectivity index (χ3n) is 4.46. The molecule has 1 aromatic carbocycles. The van der Waals surface area contributed by atoms with Gasteiger partial charge in [-0.05, 0) is 44.4 Å². The van der Waals surface area contributed by atoms with E-state index in [9.17, 15) is 9.59 Å². The van der Waals surface area contributed by atoms with E-state index >= 15 is 0 Å². The highest BCUT2D eigenvalue weighted by Crippen LogP contribution is 2.32. The van der Waals surface area contributed by atoms with Crippen LogP contribution in [0.25, 0.3) is 0 Å². The smallest absolute Gasteiger partial charge is 0.287 e. The van der Waals surface area contributed by atoms with E-state index in [1.165, 1.54) is 11.8 Å². The quantitative estimate of drug-likeness (QED) is 0.939. The Labute approximate surface area is 141 Å². The largest absolute Gasteiger partial charge is 0.459 e. The summed E-state index contributed by atoms with van der Waals surface area (Å²) in [6, 6.07) is 11.0. The molecule has 24 heavy (non-hydrogen) atoms. The number of carbonyl (C=O) groups is 2. The van der Waals surface area contributed by atoms with E-state index in [4.69, 9.17) is 4.42 Å². The molecule has 5 nitrogen and oxygen atoms in total. The van der Waals surface area contributed by atoms with Crippen LogP contribution in [0.1, 0.15) is 47.5 Å². The molecule has 0 radical (unpaired) electrons. The summed E-state index contributed by atoms with van der Waals surface area (Å²) in [4.78, 5) is 26.7. The molecule has 2 unspecified atom stereocenters. The minimum Gasteiger partial charge on any atom is -0.459 e. The van der Waals surface area contributed by atoms with Crippen LogP contribution in [0, 0.1) is 6.92 Å².